The van der Waals surface area contributed by atoms with Gasteiger partial charge in [0.1, 0.15) is 0 Å². The molecule has 156 valence electrons. The molecule has 0 aromatic heterocycles. The highest BCUT2D eigenvalue weighted by Crippen LogP contribution is 2.56. The van der Waals surface area contributed by atoms with Crippen LogP contribution in [0.25, 0.3) is 9.81 Å². The van der Waals surface area contributed by atoms with Gasteiger partial charge in [-0.05, 0) is 22.3 Å². The van der Waals surface area contributed by atoms with E-state index in [9.17, 15) is 0 Å². The van der Waals surface area contributed by atoms with Crippen molar-refractivity contribution >= 4 is 34.2 Å². The van der Waals surface area contributed by atoms with Crippen molar-refractivity contribution in [3.05, 3.63) is 155 Å². The molecule has 0 N–H and O–H groups in total. The first kappa shape index (κ1) is 20.9. The summed E-state index contributed by atoms with van der Waals surface area (Å²) in [4.78, 5) is 3.62. The highest BCUT2D eigenvalue weighted by Gasteiger charge is 2.34. The average molecular weight is 449 g/mol. The Morgan fingerprint density at radius 2 is 1.09 bits per heavy atom. The van der Waals surface area contributed by atoms with E-state index in [1.54, 1.807) is 0 Å². The van der Waals surface area contributed by atoms with Gasteiger partial charge >= 0.3 is 0 Å². The second-order valence-corrected chi connectivity index (χ2v) is 9.43. The smallest absolute Gasteiger partial charge is 0.0268 e. The topological polar surface area (TPSA) is 0 Å². The average Bonchev–Trinajstić information content (AvgIpc) is 2.89. The van der Waals surface area contributed by atoms with Gasteiger partial charge in [0.05, 0.1) is 0 Å². The third-order valence-electron chi connectivity index (χ3n) is 5.87. The molecule has 0 bridgehead atoms. The summed E-state index contributed by atoms with van der Waals surface area (Å²) in [6.07, 6.45) is 2.45. The summed E-state index contributed by atoms with van der Waals surface area (Å²) in [5.74, 6) is 0.416. The molecule has 0 aliphatic carbocycles. The molecule has 1 aliphatic rings. The molecule has 0 amide bonds. The van der Waals surface area contributed by atoms with Crippen molar-refractivity contribution in [2.45, 2.75) is 11.8 Å². The SMILES string of the molecule is SC(=C1SC(c2ccccc2)=CC(c2ccccc2)C1c1ccccc1)c1ccccc1. The molecule has 4 aromatic rings. The molecule has 2 unspecified atom stereocenters. The fourth-order valence-electron chi connectivity index (χ4n) is 4.31. The number of allylic oxidation sites excluding steroid dienone is 2. The molecule has 4 aromatic carbocycles. The number of hydrogen-bond acceptors (Lipinski definition) is 2. The highest BCUT2D eigenvalue weighted by molar-refractivity contribution is 8.12. The van der Waals surface area contributed by atoms with E-state index in [-0.39, 0.29) is 11.8 Å². The number of hydrogen-bond donors (Lipinski definition) is 1. The normalized spacial score (nSPS) is 19.8. The maximum atomic E-state index is 5.11. The van der Waals surface area contributed by atoms with Crippen LogP contribution < -0.4 is 0 Å². The van der Waals surface area contributed by atoms with Crippen LogP contribution in [0.3, 0.4) is 0 Å². The van der Waals surface area contributed by atoms with E-state index in [0.29, 0.717) is 0 Å². The summed E-state index contributed by atoms with van der Waals surface area (Å²) < 4.78 is 0. The zero-order valence-electron chi connectivity index (χ0n) is 17.6. The van der Waals surface area contributed by atoms with Crippen molar-refractivity contribution in [2.24, 2.45) is 0 Å². The van der Waals surface area contributed by atoms with Crippen molar-refractivity contribution in [3.8, 4) is 0 Å². The zero-order chi connectivity index (χ0) is 21.8. The van der Waals surface area contributed by atoms with Gasteiger partial charge in [0.15, 0.2) is 0 Å². The molecule has 0 fully saturated rings. The first-order valence-electron chi connectivity index (χ1n) is 10.8. The van der Waals surface area contributed by atoms with Crippen LogP contribution in [0.5, 0.6) is 0 Å². The van der Waals surface area contributed by atoms with E-state index in [1.807, 2.05) is 11.8 Å². The molecule has 1 heterocycles. The van der Waals surface area contributed by atoms with Crippen molar-refractivity contribution in [2.75, 3.05) is 0 Å². The lowest BCUT2D eigenvalue weighted by Gasteiger charge is -2.34. The standard InChI is InChI=1S/C30H24S2/c31-29(25-19-11-4-12-20-25)30-28(24-17-9-3-10-18-24)26(22-13-5-1-6-14-22)21-27(32-30)23-15-7-2-8-16-23/h1-21,26,28,31H. The van der Waals surface area contributed by atoms with Gasteiger partial charge in [0, 0.05) is 26.6 Å². The predicted octanol–water partition coefficient (Wildman–Crippen LogP) is 8.64. The highest BCUT2D eigenvalue weighted by atomic mass is 32.2. The predicted molar refractivity (Wildman–Crippen MR) is 143 cm³/mol. The Morgan fingerprint density at radius 1 is 0.594 bits per heavy atom. The Morgan fingerprint density at radius 3 is 1.69 bits per heavy atom. The van der Waals surface area contributed by atoms with Gasteiger partial charge in [-0.3, -0.25) is 0 Å². The first-order chi connectivity index (χ1) is 15.8. The van der Waals surface area contributed by atoms with Crippen molar-refractivity contribution < 1.29 is 0 Å². The number of benzene rings is 4. The van der Waals surface area contributed by atoms with Gasteiger partial charge in [-0.1, -0.05) is 139 Å². The molecular weight excluding hydrogens is 424 g/mol. The first-order valence-corrected chi connectivity index (χ1v) is 12.1. The molecule has 2 heteroatoms. The third-order valence-corrected chi connectivity index (χ3v) is 7.79. The lowest BCUT2D eigenvalue weighted by molar-refractivity contribution is 0.730. The van der Waals surface area contributed by atoms with Crippen LogP contribution in [0.1, 0.15) is 34.1 Å². The molecule has 32 heavy (non-hydrogen) atoms. The fourth-order valence-corrected chi connectivity index (χ4v) is 6.07. The molecule has 0 radical (unpaired) electrons. The summed E-state index contributed by atoms with van der Waals surface area (Å²) in [5, 5.41) is 0. The van der Waals surface area contributed by atoms with Crippen LogP contribution in [0.15, 0.2) is 132 Å². The summed E-state index contributed by atoms with van der Waals surface area (Å²) >= 11 is 6.96. The maximum Gasteiger partial charge on any atom is 0.0268 e. The van der Waals surface area contributed by atoms with Crippen molar-refractivity contribution in [1.29, 1.82) is 0 Å². The molecule has 0 spiro atoms. The fraction of sp³-hybridized carbons (Fsp3) is 0.0667. The Labute approximate surface area is 200 Å². The minimum Gasteiger partial charge on any atom is -0.142 e. The molecule has 2 atom stereocenters. The minimum absolute atomic E-state index is 0.198. The van der Waals surface area contributed by atoms with Crippen molar-refractivity contribution in [1.82, 2.24) is 0 Å². The second kappa shape index (κ2) is 9.68. The van der Waals surface area contributed by atoms with Crippen LogP contribution in [-0.4, -0.2) is 0 Å². The van der Waals surface area contributed by atoms with Crippen LogP contribution in [0.2, 0.25) is 0 Å². The monoisotopic (exact) mass is 448 g/mol. The number of rotatable bonds is 4. The molecule has 0 nitrogen and oxygen atoms in total. The number of thioether (sulfide) groups is 1. The van der Waals surface area contributed by atoms with E-state index in [4.69, 9.17) is 12.6 Å². The maximum absolute atomic E-state index is 5.11. The van der Waals surface area contributed by atoms with Gasteiger partial charge in [-0.25, -0.2) is 0 Å². The van der Waals surface area contributed by atoms with Crippen molar-refractivity contribution in [3.63, 3.8) is 0 Å². The van der Waals surface area contributed by atoms with Gasteiger partial charge in [0.2, 0.25) is 0 Å². The Bertz CT molecular complexity index is 1230. The second-order valence-electron chi connectivity index (χ2n) is 7.90. The molecular formula is C30H24S2. The molecule has 0 saturated heterocycles. The summed E-state index contributed by atoms with van der Waals surface area (Å²) in [7, 11) is 0. The summed E-state index contributed by atoms with van der Waals surface area (Å²) in [5.41, 5.74) is 5.04. The van der Waals surface area contributed by atoms with Crippen LogP contribution in [-0.2, 0) is 0 Å². The number of thiol groups is 1. The van der Waals surface area contributed by atoms with E-state index < -0.39 is 0 Å². The Balaban J connectivity index is 1.75. The van der Waals surface area contributed by atoms with E-state index in [2.05, 4.69) is 127 Å². The quantitative estimate of drug-likeness (QED) is 0.305. The van der Waals surface area contributed by atoms with Gasteiger partial charge in [0.25, 0.3) is 0 Å². The molecule has 0 saturated carbocycles. The lowest BCUT2D eigenvalue weighted by Crippen LogP contribution is -2.16. The van der Waals surface area contributed by atoms with Gasteiger partial charge in [-0.2, -0.15) is 0 Å². The molecule has 1 aliphatic heterocycles. The van der Waals surface area contributed by atoms with Gasteiger partial charge in [-0.15, -0.1) is 12.6 Å². The third kappa shape index (κ3) is 4.34. The lowest BCUT2D eigenvalue weighted by atomic mass is 9.79. The van der Waals surface area contributed by atoms with E-state index in [1.165, 1.54) is 26.5 Å². The zero-order valence-corrected chi connectivity index (χ0v) is 19.3. The minimum atomic E-state index is 0.198. The van der Waals surface area contributed by atoms with Crippen LogP contribution in [0, 0.1) is 0 Å². The largest absolute Gasteiger partial charge is 0.142 e. The summed E-state index contributed by atoms with van der Waals surface area (Å²) in [6.45, 7) is 0. The van der Waals surface area contributed by atoms with Crippen LogP contribution >= 0.6 is 24.4 Å². The van der Waals surface area contributed by atoms with Gasteiger partial charge < -0.3 is 0 Å². The Kier molecular flexibility index (Phi) is 6.34. The summed E-state index contributed by atoms with van der Waals surface area (Å²) in [6, 6.07) is 42.9. The van der Waals surface area contributed by atoms with E-state index >= 15 is 0 Å². The Hall–Kier alpha value is -2.94. The van der Waals surface area contributed by atoms with E-state index in [0.717, 1.165) is 10.5 Å². The molecule has 5 rings (SSSR count). The van der Waals surface area contributed by atoms with Crippen LogP contribution in [0.4, 0.5) is 0 Å².